The monoisotopic (exact) mass is 274 g/mol. The second-order valence-corrected chi connectivity index (χ2v) is 5.47. The molecular formula is C15H18N2O3. The van der Waals surface area contributed by atoms with E-state index in [9.17, 15) is 14.4 Å². The zero-order chi connectivity index (χ0) is 14.8. The molecule has 3 amide bonds. The number of imide groups is 1. The van der Waals surface area contributed by atoms with E-state index in [-0.39, 0.29) is 18.2 Å². The number of benzene rings is 1. The lowest BCUT2D eigenvalue weighted by Gasteiger charge is -2.28. The van der Waals surface area contributed by atoms with Gasteiger partial charge < -0.3 is 5.32 Å². The third-order valence-electron chi connectivity index (χ3n) is 3.61. The molecular weight excluding hydrogens is 256 g/mol. The summed E-state index contributed by atoms with van der Waals surface area (Å²) in [6.07, 6.45) is 0.601. The Hall–Kier alpha value is -2.17. The standard InChI is InChI=1S/C15H18N2O3/c1-15(2,10-6-4-3-5-7-10)14(20)16-11-8-9-12(18)17-13(11)19/h3-7,11H,8-9H2,1-2H3,(H,16,20)(H,17,18,19). The quantitative estimate of drug-likeness (QED) is 0.804. The molecule has 0 bridgehead atoms. The molecule has 1 aromatic carbocycles. The summed E-state index contributed by atoms with van der Waals surface area (Å²) < 4.78 is 0. The van der Waals surface area contributed by atoms with Crippen LogP contribution in [0.25, 0.3) is 0 Å². The highest BCUT2D eigenvalue weighted by molar-refractivity contribution is 6.02. The molecule has 1 atom stereocenters. The minimum absolute atomic E-state index is 0.224. The molecule has 0 saturated carbocycles. The van der Waals surface area contributed by atoms with E-state index in [1.807, 2.05) is 44.2 Å². The molecule has 20 heavy (non-hydrogen) atoms. The SMILES string of the molecule is CC(C)(C(=O)NC1CCC(=O)NC1=O)c1ccccc1. The Kier molecular flexibility index (Phi) is 3.88. The van der Waals surface area contributed by atoms with Crippen molar-refractivity contribution in [1.82, 2.24) is 10.6 Å². The Labute approximate surface area is 117 Å². The van der Waals surface area contributed by atoms with Crippen LogP contribution < -0.4 is 10.6 Å². The van der Waals surface area contributed by atoms with Crippen LogP contribution in [-0.4, -0.2) is 23.8 Å². The van der Waals surface area contributed by atoms with Gasteiger partial charge >= 0.3 is 0 Å². The number of rotatable bonds is 3. The molecule has 5 nitrogen and oxygen atoms in total. The second-order valence-electron chi connectivity index (χ2n) is 5.47. The predicted octanol–water partition coefficient (Wildman–Crippen LogP) is 0.886. The first kappa shape index (κ1) is 14.2. The molecule has 5 heteroatoms. The van der Waals surface area contributed by atoms with Crippen LogP contribution >= 0.6 is 0 Å². The van der Waals surface area contributed by atoms with E-state index >= 15 is 0 Å². The number of nitrogens with one attached hydrogen (secondary N) is 2. The minimum atomic E-state index is -0.733. The van der Waals surface area contributed by atoms with Gasteiger partial charge in [-0.15, -0.1) is 0 Å². The lowest BCUT2D eigenvalue weighted by atomic mass is 9.83. The number of hydrogen-bond acceptors (Lipinski definition) is 3. The van der Waals surface area contributed by atoms with Crippen LogP contribution in [0.4, 0.5) is 0 Å². The summed E-state index contributed by atoms with van der Waals surface area (Å²) >= 11 is 0. The lowest BCUT2D eigenvalue weighted by Crippen LogP contribution is -2.55. The van der Waals surface area contributed by atoms with Crippen molar-refractivity contribution in [3.8, 4) is 0 Å². The average Bonchev–Trinajstić information content (AvgIpc) is 2.42. The molecule has 2 rings (SSSR count). The molecule has 2 N–H and O–H groups in total. The van der Waals surface area contributed by atoms with E-state index in [0.717, 1.165) is 5.56 Å². The van der Waals surface area contributed by atoms with Crippen molar-refractivity contribution >= 4 is 17.7 Å². The van der Waals surface area contributed by atoms with Crippen LogP contribution in [0.15, 0.2) is 30.3 Å². The van der Waals surface area contributed by atoms with Crippen LogP contribution in [0.5, 0.6) is 0 Å². The second kappa shape index (κ2) is 5.45. The third-order valence-corrected chi connectivity index (χ3v) is 3.61. The van der Waals surface area contributed by atoms with Gasteiger partial charge in [-0.2, -0.15) is 0 Å². The molecule has 0 aliphatic carbocycles. The summed E-state index contributed by atoms with van der Waals surface area (Å²) in [6, 6.07) is 8.75. The summed E-state index contributed by atoms with van der Waals surface area (Å²) in [4.78, 5) is 35.1. The van der Waals surface area contributed by atoms with Crippen molar-refractivity contribution in [1.29, 1.82) is 0 Å². The van der Waals surface area contributed by atoms with Gasteiger partial charge in [0.15, 0.2) is 0 Å². The highest BCUT2D eigenvalue weighted by Crippen LogP contribution is 2.23. The van der Waals surface area contributed by atoms with Crippen molar-refractivity contribution in [2.24, 2.45) is 0 Å². The lowest BCUT2D eigenvalue weighted by molar-refractivity contribution is -0.138. The van der Waals surface area contributed by atoms with Gasteiger partial charge in [0.2, 0.25) is 17.7 Å². The maximum absolute atomic E-state index is 12.4. The average molecular weight is 274 g/mol. The third kappa shape index (κ3) is 2.87. The van der Waals surface area contributed by atoms with Crippen molar-refractivity contribution in [2.75, 3.05) is 0 Å². The van der Waals surface area contributed by atoms with E-state index < -0.39 is 17.4 Å². The van der Waals surface area contributed by atoms with Gasteiger partial charge in [-0.25, -0.2) is 0 Å². The molecule has 1 fully saturated rings. The van der Waals surface area contributed by atoms with Gasteiger partial charge in [0.05, 0.1) is 5.41 Å². The fourth-order valence-electron chi connectivity index (χ4n) is 2.16. The maximum atomic E-state index is 12.4. The Morgan fingerprint density at radius 1 is 1.25 bits per heavy atom. The van der Waals surface area contributed by atoms with E-state index in [1.54, 1.807) is 0 Å². The van der Waals surface area contributed by atoms with Gasteiger partial charge in [0.1, 0.15) is 6.04 Å². The summed E-state index contributed by atoms with van der Waals surface area (Å²) in [5.41, 5.74) is 0.146. The van der Waals surface area contributed by atoms with Crippen LogP contribution in [0.2, 0.25) is 0 Å². The Bertz CT molecular complexity index is 537. The molecule has 1 heterocycles. The topological polar surface area (TPSA) is 75.3 Å². The highest BCUT2D eigenvalue weighted by Gasteiger charge is 2.34. The first-order valence-corrected chi connectivity index (χ1v) is 6.61. The van der Waals surface area contributed by atoms with Gasteiger partial charge in [-0.3, -0.25) is 19.7 Å². The van der Waals surface area contributed by atoms with E-state index in [1.165, 1.54) is 0 Å². The maximum Gasteiger partial charge on any atom is 0.249 e. The van der Waals surface area contributed by atoms with Crippen molar-refractivity contribution < 1.29 is 14.4 Å². The van der Waals surface area contributed by atoms with Crippen molar-refractivity contribution in [3.63, 3.8) is 0 Å². The smallest absolute Gasteiger partial charge is 0.249 e. The van der Waals surface area contributed by atoms with Crippen molar-refractivity contribution in [3.05, 3.63) is 35.9 Å². The summed E-state index contributed by atoms with van der Waals surface area (Å²) in [6.45, 7) is 3.62. The van der Waals surface area contributed by atoms with E-state index in [2.05, 4.69) is 10.6 Å². The fourth-order valence-corrected chi connectivity index (χ4v) is 2.16. The van der Waals surface area contributed by atoms with Gasteiger partial charge in [0, 0.05) is 6.42 Å². The Morgan fingerprint density at radius 3 is 2.50 bits per heavy atom. The van der Waals surface area contributed by atoms with Gasteiger partial charge in [-0.1, -0.05) is 30.3 Å². The van der Waals surface area contributed by atoms with Crippen LogP contribution in [0, 0.1) is 0 Å². The van der Waals surface area contributed by atoms with Gasteiger partial charge in [0.25, 0.3) is 0 Å². The minimum Gasteiger partial charge on any atom is -0.344 e. The first-order chi connectivity index (χ1) is 9.41. The number of piperidine rings is 1. The summed E-state index contributed by atoms with van der Waals surface area (Å²) in [7, 11) is 0. The summed E-state index contributed by atoms with van der Waals surface area (Å²) in [5, 5.41) is 4.96. The molecule has 0 spiro atoms. The number of carbonyl (C=O) groups is 3. The Morgan fingerprint density at radius 2 is 1.90 bits per heavy atom. The van der Waals surface area contributed by atoms with E-state index in [4.69, 9.17) is 0 Å². The number of hydrogen-bond donors (Lipinski definition) is 2. The molecule has 1 saturated heterocycles. The number of carbonyl (C=O) groups excluding carboxylic acids is 3. The molecule has 1 aromatic rings. The van der Waals surface area contributed by atoms with Crippen molar-refractivity contribution in [2.45, 2.75) is 38.1 Å². The molecule has 1 aliphatic rings. The molecule has 1 aliphatic heterocycles. The van der Waals surface area contributed by atoms with Gasteiger partial charge in [-0.05, 0) is 25.8 Å². The van der Waals surface area contributed by atoms with E-state index in [0.29, 0.717) is 6.42 Å². The molecule has 106 valence electrons. The molecule has 1 unspecified atom stereocenters. The zero-order valence-electron chi connectivity index (χ0n) is 11.6. The predicted molar refractivity (Wildman–Crippen MR) is 73.8 cm³/mol. The normalized spacial score (nSPS) is 19.4. The molecule has 0 aromatic heterocycles. The molecule has 0 radical (unpaired) electrons. The van der Waals surface area contributed by atoms with Crippen LogP contribution in [-0.2, 0) is 19.8 Å². The Balaban J connectivity index is 2.08. The number of amides is 3. The van der Waals surface area contributed by atoms with Crippen LogP contribution in [0.1, 0.15) is 32.3 Å². The summed E-state index contributed by atoms with van der Waals surface area (Å²) in [5.74, 6) is -0.945. The highest BCUT2D eigenvalue weighted by atomic mass is 16.2. The first-order valence-electron chi connectivity index (χ1n) is 6.61. The largest absolute Gasteiger partial charge is 0.344 e. The fraction of sp³-hybridized carbons (Fsp3) is 0.400. The van der Waals surface area contributed by atoms with Crippen LogP contribution in [0.3, 0.4) is 0 Å². The zero-order valence-corrected chi connectivity index (χ0v) is 11.6.